The number of nitrogen functional groups attached to an aromatic ring is 1. The van der Waals surface area contributed by atoms with Crippen LogP contribution in [0.15, 0.2) is 30.3 Å². The van der Waals surface area contributed by atoms with Gasteiger partial charge in [0.05, 0.1) is 20.8 Å². The van der Waals surface area contributed by atoms with E-state index in [0.29, 0.717) is 23.7 Å². The smallest absolute Gasteiger partial charge is 0.320 e. The number of rotatable bonds is 4. The van der Waals surface area contributed by atoms with Gasteiger partial charge in [-0.25, -0.2) is 0 Å². The van der Waals surface area contributed by atoms with Crippen LogP contribution in [-0.4, -0.2) is 33.7 Å². The molecular formula is C14H15N5O2. The first-order valence-electron chi connectivity index (χ1n) is 6.38. The number of imidazole rings is 1. The second-order valence-electron chi connectivity index (χ2n) is 4.44. The fraction of sp³-hybridized carbons (Fsp3) is 0.214. The Bertz CT molecular complexity index is 770. The number of anilines is 1. The zero-order valence-electron chi connectivity index (χ0n) is 11.8. The topological polar surface area (TPSA) is 88.1 Å². The second-order valence-corrected chi connectivity index (χ2v) is 4.44. The number of methoxy groups -OCH3 is 2. The molecule has 0 aliphatic carbocycles. The van der Waals surface area contributed by atoms with Crippen LogP contribution in [0.3, 0.4) is 0 Å². The van der Waals surface area contributed by atoms with Crippen molar-refractivity contribution >= 4 is 17.0 Å². The van der Waals surface area contributed by atoms with Crippen LogP contribution >= 0.6 is 0 Å². The Kier molecular flexibility index (Phi) is 3.31. The van der Waals surface area contributed by atoms with Crippen molar-refractivity contribution in [1.82, 2.24) is 19.5 Å². The lowest BCUT2D eigenvalue weighted by atomic mass is 10.2. The zero-order chi connectivity index (χ0) is 14.8. The van der Waals surface area contributed by atoms with Crippen LogP contribution in [0.4, 0.5) is 5.82 Å². The van der Waals surface area contributed by atoms with Gasteiger partial charge in [0.25, 0.3) is 6.01 Å². The summed E-state index contributed by atoms with van der Waals surface area (Å²) >= 11 is 0. The maximum Gasteiger partial charge on any atom is 0.320 e. The van der Waals surface area contributed by atoms with E-state index < -0.39 is 0 Å². The molecule has 0 saturated carbocycles. The number of nitrogens with zero attached hydrogens (tertiary/aromatic N) is 4. The molecule has 0 amide bonds. The van der Waals surface area contributed by atoms with Crippen molar-refractivity contribution in [2.24, 2.45) is 0 Å². The quantitative estimate of drug-likeness (QED) is 0.781. The van der Waals surface area contributed by atoms with Crippen molar-refractivity contribution in [3.63, 3.8) is 0 Å². The van der Waals surface area contributed by atoms with Crippen LogP contribution in [0.1, 0.15) is 5.56 Å². The van der Waals surface area contributed by atoms with Crippen LogP contribution < -0.4 is 15.2 Å². The van der Waals surface area contributed by atoms with Gasteiger partial charge >= 0.3 is 6.01 Å². The molecule has 3 aromatic rings. The van der Waals surface area contributed by atoms with Crippen LogP contribution in [0.5, 0.6) is 12.0 Å². The number of hydrogen-bond donors (Lipinski definition) is 1. The Morgan fingerprint density at radius 2 is 1.81 bits per heavy atom. The third kappa shape index (κ3) is 2.33. The van der Waals surface area contributed by atoms with Gasteiger partial charge in [-0.1, -0.05) is 30.3 Å². The molecule has 7 heteroatoms. The average Bonchev–Trinajstić information content (AvgIpc) is 2.87. The average molecular weight is 285 g/mol. The Balaban J connectivity index is 2.17. The maximum absolute atomic E-state index is 5.90. The van der Waals surface area contributed by atoms with Crippen LogP contribution in [-0.2, 0) is 6.54 Å². The van der Waals surface area contributed by atoms with E-state index in [0.717, 1.165) is 5.56 Å². The summed E-state index contributed by atoms with van der Waals surface area (Å²) in [6.45, 7) is 0.570. The van der Waals surface area contributed by atoms with Gasteiger partial charge in [-0.2, -0.15) is 15.0 Å². The molecular weight excluding hydrogens is 270 g/mol. The predicted octanol–water partition coefficient (Wildman–Crippen LogP) is 1.47. The molecule has 0 fully saturated rings. The molecule has 2 N–H and O–H groups in total. The van der Waals surface area contributed by atoms with E-state index in [1.807, 2.05) is 34.9 Å². The lowest BCUT2D eigenvalue weighted by molar-refractivity contribution is 0.362. The van der Waals surface area contributed by atoms with Crippen molar-refractivity contribution in [2.75, 3.05) is 20.0 Å². The summed E-state index contributed by atoms with van der Waals surface area (Å²) in [5.41, 5.74) is 8.09. The summed E-state index contributed by atoms with van der Waals surface area (Å²) in [4.78, 5) is 12.7. The first kappa shape index (κ1) is 13.2. The number of aromatic nitrogens is 4. The molecule has 0 aliphatic heterocycles. The molecule has 0 bridgehead atoms. The predicted molar refractivity (Wildman–Crippen MR) is 78.4 cm³/mol. The molecule has 7 nitrogen and oxygen atoms in total. The Hall–Kier alpha value is -2.83. The summed E-state index contributed by atoms with van der Waals surface area (Å²) < 4.78 is 12.2. The van der Waals surface area contributed by atoms with Crippen molar-refractivity contribution in [3.8, 4) is 12.0 Å². The SMILES string of the molecule is COc1nc(N)c2nc(OC)n(Cc3ccccc3)c2n1. The van der Waals surface area contributed by atoms with Gasteiger partial charge in [-0.05, 0) is 5.56 Å². The van der Waals surface area contributed by atoms with Crippen molar-refractivity contribution in [1.29, 1.82) is 0 Å². The fourth-order valence-electron chi connectivity index (χ4n) is 2.14. The molecule has 21 heavy (non-hydrogen) atoms. The largest absolute Gasteiger partial charge is 0.468 e. The molecule has 108 valence electrons. The highest BCUT2D eigenvalue weighted by Gasteiger charge is 2.17. The molecule has 0 unspecified atom stereocenters. The number of benzene rings is 1. The highest BCUT2D eigenvalue weighted by atomic mass is 16.5. The van der Waals surface area contributed by atoms with Gasteiger partial charge in [0.2, 0.25) is 0 Å². The summed E-state index contributed by atoms with van der Waals surface area (Å²) in [6, 6.07) is 10.6. The first-order chi connectivity index (χ1) is 10.2. The van der Waals surface area contributed by atoms with Gasteiger partial charge in [0.1, 0.15) is 0 Å². The molecule has 2 aromatic heterocycles. The molecule has 0 saturated heterocycles. The highest BCUT2D eigenvalue weighted by molar-refractivity contribution is 5.83. The number of ether oxygens (including phenoxy) is 2. The van der Waals surface area contributed by atoms with Crippen molar-refractivity contribution in [2.45, 2.75) is 6.54 Å². The first-order valence-corrected chi connectivity index (χ1v) is 6.38. The second kappa shape index (κ2) is 5.28. The summed E-state index contributed by atoms with van der Waals surface area (Å²) in [5, 5.41) is 0. The molecule has 3 rings (SSSR count). The van der Waals surface area contributed by atoms with E-state index in [1.54, 1.807) is 7.11 Å². The minimum absolute atomic E-state index is 0.205. The molecule has 2 heterocycles. The monoisotopic (exact) mass is 285 g/mol. The van der Waals surface area contributed by atoms with E-state index in [9.17, 15) is 0 Å². The van der Waals surface area contributed by atoms with Gasteiger partial charge < -0.3 is 15.2 Å². The Morgan fingerprint density at radius 3 is 2.48 bits per heavy atom. The Labute approximate surface area is 121 Å². The molecule has 1 aromatic carbocycles. The molecule has 0 aliphatic rings. The van der Waals surface area contributed by atoms with Crippen LogP contribution in [0.25, 0.3) is 11.2 Å². The lowest BCUT2D eigenvalue weighted by Crippen LogP contribution is -2.05. The van der Waals surface area contributed by atoms with Gasteiger partial charge in [-0.3, -0.25) is 4.57 Å². The summed E-state index contributed by atoms with van der Waals surface area (Å²) in [6.07, 6.45) is 0. The molecule has 0 atom stereocenters. The number of hydrogen-bond acceptors (Lipinski definition) is 6. The third-order valence-electron chi connectivity index (χ3n) is 3.11. The van der Waals surface area contributed by atoms with Gasteiger partial charge in [0.15, 0.2) is 17.0 Å². The number of fused-ring (bicyclic) bond motifs is 1. The van der Waals surface area contributed by atoms with Crippen LogP contribution in [0.2, 0.25) is 0 Å². The fourth-order valence-corrected chi connectivity index (χ4v) is 2.14. The standard InChI is InChI=1S/C14H15N5O2/c1-20-13-17-11(15)10-12(18-13)19(14(16-10)21-2)8-9-6-4-3-5-7-9/h3-7H,8H2,1-2H3,(H2,15,17,18). The van der Waals surface area contributed by atoms with E-state index in [-0.39, 0.29) is 11.8 Å². The van der Waals surface area contributed by atoms with E-state index in [4.69, 9.17) is 15.2 Å². The normalized spacial score (nSPS) is 10.8. The summed E-state index contributed by atoms with van der Waals surface area (Å²) in [5.74, 6) is 0.266. The van der Waals surface area contributed by atoms with E-state index >= 15 is 0 Å². The van der Waals surface area contributed by atoms with E-state index in [1.165, 1.54) is 7.11 Å². The van der Waals surface area contributed by atoms with Gasteiger partial charge in [0, 0.05) is 0 Å². The van der Waals surface area contributed by atoms with Gasteiger partial charge in [-0.15, -0.1) is 0 Å². The summed E-state index contributed by atoms with van der Waals surface area (Å²) in [7, 11) is 3.05. The molecule has 0 radical (unpaired) electrons. The van der Waals surface area contributed by atoms with Crippen molar-refractivity contribution in [3.05, 3.63) is 35.9 Å². The zero-order valence-corrected chi connectivity index (χ0v) is 11.8. The minimum atomic E-state index is 0.205. The molecule has 0 spiro atoms. The Morgan fingerprint density at radius 1 is 1.05 bits per heavy atom. The minimum Gasteiger partial charge on any atom is -0.468 e. The van der Waals surface area contributed by atoms with E-state index in [2.05, 4.69) is 15.0 Å². The highest BCUT2D eigenvalue weighted by Crippen LogP contribution is 2.26. The third-order valence-corrected chi connectivity index (χ3v) is 3.11. The maximum atomic E-state index is 5.90. The van der Waals surface area contributed by atoms with Crippen molar-refractivity contribution < 1.29 is 9.47 Å². The lowest BCUT2D eigenvalue weighted by Gasteiger charge is -2.07. The number of nitrogens with two attached hydrogens (primary N) is 1. The van der Waals surface area contributed by atoms with Crippen LogP contribution in [0, 0.1) is 0 Å².